The summed E-state index contributed by atoms with van der Waals surface area (Å²) in [5.74, 6) is 2.63. The van der Waals surface area contributed by atoms with Gasteiger partial charge < -0.3 is 14.8 Å². The van der Waals surface area contributed by atoms with E-state index in [4.69, 9.17) is 14.7 Å². The van der Waals surface area contributed by atoms with E-state index in [0.717, 1.165) is 5.75 Å². The number of hydrogen-bond donors (Lipinski definition) is 1. The highest BCUT2D eigenvalue weighted by Crippen LogP contribution is 2.25. The van der Waals surface area contributed by atoms with Crippen LogP contribution in [-0.4, -0.2) is 24.0 Å². The highest BCUT2D eigenvalue weighted by Gasteiger charge is 2.03. The first-order valence-electron chi connectivity index (χ1n) is 7.46. The molecule has 0 aromatic heterocycles. The van der Waals surface area contributed by atoms with Crippen LogP contribution in [0.25, 0.3) is 0 Å². The fourth-order valence-electron chi connectivity index (χ4n) is 1.90. The molecular formula is C18H18N2O3S. The maximum atomic E-state index is 11.7. The van der Waals surface area contributed by atoms with Crippen molar-refractivity contribution in [1.82, 2.24) is 0 Å². The van der Waals surface area contributed by atoms with Crippen LogP contribution in [0.5, 0.6) is 17.2 Å². The topological polar surface area (TPSA) is 71.3 Å². The lowest BCUT2D eigenvalue weighted by Gasteiger charge is -2.09. The molecule has 0 bridgehead atoms. The van der Waals surface area contributed by atoms with Gasteiger partial charge in [-0.2, -0.15) is 5.26 Å². The number of anilines is 1. The van der Waals surface area contributed by atoms with Crippen molar-refractivity contribution in [2.75, 3.05) is 23.4 Å². The molecule has 124 valence electrons. The molecule has 0 aliphatic carbocycles. The lowest BCUT2D eigenvalue weighted by Crippen LogP contribution is -2.14. The third kappa shape index (κ3) is 5.86. The summed E-state index contributed by atoms with van der Waals surface area (Å²) >= 11 is 1.28. The van der Waals surface area contributed by atoms with Crippen molar-refractivity contribution in [1.29, 1.82) is 5.26 Å². The second kappa shape index (κ2) is 9.48. The Hall–Kier alpha value is -2.65. The monoisotopic (exact) mass is 342 g/mol. The summed E-state index contributed by atoms with van der Waals surface area (Å²) in [6.07, 6.45) is 0. The lowest BCUT2D eigenvalue weighted by atomic mass is 10.3. The Morgan fingerprint density at radius 1 is 1.08 bits per heavy atom. The molecule has 0 aliphatic rings. The molecule has 0 aliphatic heterocycles. The molecule has 0 fully saturated rings. The van der Waals surface area contributed by atoms with E-state index in [-0.39, 0.29) is 11.7 Å². The summed E-state index contributed by atoms with van der Waals surface area (Å²) in [5, 5.41) is 11.2. The molecule has 2 aromatic carbocycles. The average Bonchev–Trinajstić information content (AvgIpc) is 2.59. The van der Waals surface area contributed by atoms with Crippen LogP contribution in [-0.2, 0) is 4.79 Å². The van der Waals surface area contributed by atoms with Crippen LogP contribution in [0.2, 0.25) is 0 Å². The third-order valence-corrected chi connectivity index (χ3v) is 3.71. The minimum absolute atomic E-state index is 0.129. The van der Waals surface area contributed by atoms with Gasteiger partial charge in [0.25, 0.3) is 0 Å². The molecule has 6 heteroatoms. The van der Waals surface area contributed by atoms with Gasteiger partial charge in [-0.1, -0.05) is 0 Å². The van der Waals surface area contributed by atoms with E-state index in [0.29, 0.717) is 29.5 Å². The SMILES string of the molecule is CCOc1ccc(Oc2ccc(NC(=O)CSCC#N)cc2)cc1. The first-order chi connectivity index (χ1) is 11.7. The highest BCUT2D eigenvalue weighted by atomic mass is 32.2. The van der Waals surface area contributed by atoms with Gasteiger partial charge in [0.1, 0.15) is 17.2 Å². The van der Waals surface area contributed by atoms with Crippen LogP contribution >= 0.6 is 11.8 Å². The Labute approximate surface area is 145 Å². The standard InChI is InChI=1S/C18H18N2O3S/c1-2-22-15-7-9-17(10-8-15)23-16-5-3-14(4-6-16)20-18(21)13-24-12-11-19/h3-10H,2,12-13H2,1H3,(H,20,21). The van der Waals surface area contributed by atoms with E-state index >= 15 is 0 Å². The van der Waals surface area contributed by atoms with Gasteiger partial charge in [0.2, 0.25) is 5.91 Å². The lowest BCUT2D eigenvalue weighted by molar-refractivity contribution is -0.113. The van der Waals surface area contributed by atoms with Crippen molar-refractivity contribution >= 4 is 23.4 Å². The quantitative estimate of drug-likeness (QED) is 0.732. The van der Waals surface area contributed by atoms with Crippen LogP contribution in [0.15, 0.2) is 48.5 Å². The number of carbonyl (C=O) groups excluding carboxylic acids is 1. The molecule has 0 spiro atoms. The molecule has 1 amide bonds. The molecule has 0 radical (unpaired) electrons. The van der Waals surface area contributed by atoms with Gasteiger partial charge in [0, 0.05) is 5.69 Å². The third-order valence-electron chi connectivity index (χ3n) is 2.91. The van der Waals surface area contributed by atoms with Crippen molar-refractivity contribution < 1.29 is 14.3 Å². The molecule has 0 heterocycles. The number of amides is 1. The van der Waals surface area contributed by atoms with Crippen LogP contribution in [0.3, 0.4) is 0 Å². The van der Waals surface area contributed by atoms with Gasteiger partial charge in [0.15, 0.2) is 0 Å². The van der Waals surface area contributed by atoms with Crippen molar-refractivity contribution in [3.63, 3.8) is 0 Å². The van der Waals surface area contributed by atoms with Gasteiger partial charge in [-0.25, -0.2) is 0 Å². The van der Waals surface area contributed by atoms with E-state index in [1.54, 1.807) is 24.3 Å². The summed E-state index contributed by atoms with van der Waals surface area (Å²) in [6, 6.07) is 16.5. The molecule has 2 rings (SSSR count). The van der Waals surface area contributed by atoms with Crippen molar-refractivity contribution in [2.45, 2.75) is 6.92 Å². The second-order valence-corrected chi connectivity index (χ2v) is 5.72. The molecule has 0 saturated carbocycles. The Kier molecular flexibility index (Phi) is 6.99. The summed E-state index contributed by atoms with van der Waals surface area (Å²) in [4.78, 5) is 11.7. The molecule has 5 nitrogen and oxygen atoms in total. The van der Waals surface area contributed by atoms with Crippen LogP contribution in [0.1, 0.15) is 6.92 Å². The number of benzene rings is 2. The summed E-state index contributed by atoms with van der Waals surface area (Å²) in [6.45, 7) is 2.56. The number of hydrogen-bond acceptors (Lipinski definition) is 5. The largest absolute Gasteiger partial charge is 0.494 e. The van der Waals surface area contributed by atoms with Crippen molar-refractivity contribution in [2.24, 2.45) is 0 Å². The first-order valence-corrected chi connectivity index (χ1v) is 8.62. The molecule has 2 aromatic rings. The predicted octanol–water partition coefficient (Wildman–Crippen LogP) is 4.07. The normalized spacial score (nSPS) is 9.83. The number of thioether (sulfide) groups is 1. The van der Waals surface area contributed by atoms with Crippen molar-refractivity contribution in [3.8, 4) is 23.3 Å². The Balaban J connectivity index is 1.87. The number of ether oxygens (including phenoxy) is 2. The number of nitrogens with zero attached hydrogens (tertiary/aromatic N) is 1. The molecule has 0 unspecified atom stereocenters. The van der Waals surface area contributed by atoms with Crippen LogP contribution < -0.4 is 14.8 Å². The number of carbonyl (C=O) groups is 1. The zero-order valence-corrected chi connectivity index (χ0v) is 14.1. The van der Waals surface area contributed by atoms with Gasteiger partial charge in [-0.15, -0.1) is 11.8 Å². The maximum Gasteiger partial charge on any atom is 0.234 e. The van der Waals surface area contributed by atoms with Gasteiger partial charge >= 0.3 is 0 Å². The molecule has 0 atom stereocenters. The summed E-state index contributed by atoms with van der Waals surface area (Å²) in [7, 11) is 0. The predicted molar refractivity (Wildman–Crippen MR) is 95.7 cm³/mol. The molecule has 1 N–H and O–H groups in total. The zero-order valence-electron chi connectivity index (χ0n) is 13.3. The van der Waals surface area contributed by atoms with E-state index in [2.05, 4.69) is 5.32 Å². The summed E-state index contributed by atoms with van der Waals surface area (Å²) < 4.78 is 11.1. The smallest absolute Gasteiger partial charge is 0.234 e. The Morgan fingerprint density at radius 2 is 1.67 bits per heavy atom. The molecule has 24 heavy (non-hydrogen) atoms. The van der Waals surface area contributed by atoms with E-state index in [9.17, 15) is 4.79 Å². The maximum absolute atomic E-state index is 11.7. The van der Waals surface area contributed by atoms with Gasteiger partial charge in [-0.05, 0) is 55.5 Å². The Bertz CT molecular complexity index is 694. The van der Waals surface area contributed by atoms with Crippen molar-refractivity contribution in [3.05, 3.63) is 48.5 Å². The number of nitriles is 1. The molecular weight excluding hydrogens is 324 g/mol. The highest BCUT2D eigenvalue weighted by molar-refractivity contribution is 8.00. The molecule has 0 saturated heterocycles. The zero-order chi connectivity index (χ0) is 17.2. The Morgan fingerprint density at radius 3 is 2.25 bits per heavy atom. The van der Waals surface area contributed by atoms with Crippen LogP contribution in [0.4, 0.5) is 5.69 Å². The van der Waals surface area contributed by atoms with Gasteiger partial charge in [0.05, 0.1) is 24.2 Å². The number of nitrogens with one attached hydrogen (secondary N) is 1. The number of rotatable bonds is 8. The first kappa shape index (κ1) is 17.7. The van der Waals surface area contributed by atoms with E-state index in [1.807, 2.05) is 37.3 Å². The fourth-order valence-corrected chi connectivity index (χ4v) is 2.35. The van der Waals surface area contributed by atoms with E-state index in [1.165, 1.54) is 11.8 Å². The van der Waals surface area contributed by atoms with Gasteiger partial charge in [-0.3, -0.25) is 4.79 Å². The van der Waals surface area contributed by atoms with E-state index < -0.39 is 0 Å². The fraction of sp³-hybridized carbons (Fsp3) is 0.222. The minimum Gasteiger partial charge on any atom is -0.494 e. The summed E-state index contributed by atoms with van der Waals surface area (Å²) in [5.41, 5.74) is 0.691. The van der Waals surface area contributed by atoms with Crippen LogP contribution in [0, 0.1) is 11.3 Å². The average molecular weight is 342 g/mol. The second-order valence-electron chi connectivity index (χ2n) is 4.73. The minimum atomic E-state index is -0.129.